The molecule has 3 aromatic heterocycles. The Labute approximate surface area is 119 Å². The molecule has 0 unspecified atom stereocenters. The highest BCUT2D eigenvalue weighted by molar-refractivity contribution is 7.12. The van der Waals surface area contributed by atoms with Crippen LogP contribution in [-0.4, -0.2) is 20.2 Å². The van der Waals surface area contributed by atoms with Crippen molar-refractivity contribution in [2.75, 3.05) is 10.7 Å². The van der Waals surface area contributed by atoms with E-state index in [4.69, 9.17) is 5.84 Å². The molecule has 0 fully saturated rings. The first-order valence-electron chi connectivity index (χ1n) is 6.15. The predicted molar refractivity (Wildman–Crippen MR) is 80.6 cm³/mol. The highest BCUT2D eigenvalue weighted by Crippen LogP contribution is 2.24. The lowest BCUT2D eigenvalue weighted by molar-refractivity contribution is 1.07. The summed E-state index contributed by atoms with van der Waals surface area (Å²) < 4.78 is 0. The van der Waals surface area contributed by atoms with Crippen LogP contribution in [0.5, 0.6) is 0 Å². The molecule has 20 heavy (non-hydrogen) atoms. The molecule has 0 bridgehead atoms. The minimum Gasteiger partial charge on any atom is -0.364 e. The fourth-order valence-electron chi connectivity index (χ4n) is 1.94. The van der Waals surface area contributed by atoms with Gasteiger partial charge in [0.25, 0.3) is 0 Å². The third-order valence-corrected chi connectivity index (χ3v) is 4.24. The van der Waals surface area contributed by atoms with Gasteiger partial charge in [0, 0.05) is 9.75 Å². The molecule has 0 radical (unpaired) electrons. The zero-order valence-corrected chi connectivity index (χ0v) is 12.0. The minimum atomic E-state index is 0.350. The van der Waals surface area contributed by atoms with Crippen molar-refractivity contribution >= 4 is 34.1 Å². The van der Waals surface area contributed by atoms with E-state index in [2.05, 4.69) is 50.8 Å². The summed E-state index contributed by atoms with van der Waals surface area (Å²) in [6.07, 6.45) is 1.70. The zero-order valence-electron chi connectivity index (χ0n) is 11.2. The average Bonchev–Trinajstić information content (AvgIpc) is 3.03. The van der Waals surface area contributed by atoms with Crippen molar-refractivity contribution in [3.8, 4) is 0 Å². The van der Waals surface area contributed by atoms with Gasteiger partial charge in [-0.3, -0.25) is 10.5 Å². The van der Waals surface area contributed by atoms with Gasteiger partial charge in [-0.25, -0.2) is 5.84 Å². The van der Waals surface area contributed by atoms with Crippen LogP contribution < -0.4 is 16.6 Å². The summed E-state index contributed by atoms with van der Waals surface area (Å²) in [5.74, 6) is 6.43. The van der Waals surface area contributed by atoms with Crippen molar-refractivity contribution in [1.82, 2.24) is 20.2 Å². The van der Waals surface area contributed by atoms with Gasteiger partial charge in [0.1, 0.15) is 5.82 Å². The van der Waals surface area contributed by atoms with Crippen LogP contribution in [0.15, 0.2) is 12.3 Å². The lowest BCUT2D eigenvalue weighted by Gasteiger charge is -2.06. The molecule has 0 aromatic carbocycles. The highest BCUT2D eigenvalue weighted by Gasteiger charge is 2.09. The Morgan fingerprint density at radius 1 is 1.35 bits per heavy atom. The van der Waals surface area contributed by atoms with Crippen molar-refractivity contribution < 1.29 is 0 Å². The monoisotopic (exact) mass is 289 g/mol. The summed E-state index contributed by atoms with van der Waals surface area (Å²) in [6, 6.07) is 2.18. The zero-order chi connectivity index (χ0) is 14.1. The van der Waals surface area contributed by atoms with Crippen molar-refractivity contribution in [1.29, 1.82) is 0 Å². The molecule has 5 N–H and O–H groups in total. The van der Waals surface area contributed by atoms with E-state index < -0.39 is 0 Å². The van der Waals surface area contributed by atoms with Gasteiger partial charge in [0.2, 0.25) is 5.95 Å². The number of nitrogens with two attached hydrogens (primary N) is 1. The molecule has 3 heterocycles. The van der Waals surface area contributed by atoms with E-state index in [0.717, 1.165) is 5.39 Å². The molecular formula is C12H15N7S. The van der Waals surface area contributed by atoms with E-state index in [1.165, 1.54) is 15.3 Å². The molecule has 3 rings (SSSR count). The maximum absolute atomic E-state index is 5.37. The van der Waals surface area contributed by atoms with E-state index >= 15 is 0 Å². The maximum atomic E-state index is 5.37. The van der Waals surface area contributed by atoms with Gasteiger partial charge < -0.3 is 5.32 Å². The number of hydrogen-bond acceptors (Lipinski definition) is 7. The van der Waals surface area contributed by atoms with Crippen molar-refractivity contribution in [3.05, 3.63) is 27.6 Å². The number of fused-ring (bicyclic) bond motifs is 1. The summed E-state index contributed by atoms with van der Waals surface area (Å²) >= 11 is 1.78. The largest absolute Gasteiger partial charge is 0.364 e. The van der Waals surface area contributed by atoms with Crippen LogP contribution in [-0.2, 0) is 6.54 Å². The van der Waals surface area contributed by atoms with E-state index in [1.807, 2.05) is 0 Å². The molecular weight excluding hydrogens is 274 g/mol. The lowest BCUT2D eigenvalue weighted by Crippen LogP contribution is -2.12. The summed E-state index contributed by atoms with van der Waals surface area (Å²) in [4.78, 5) is 11.1. The molecule has 0 spiro atoms. The van der Waals surface area contributed by atoms with Crippen molar-refractivity contribution in [3.63, 3.8) is 0 Å². The number of nitrogen functional groups attached to an aromatic ring is 1. The van der Waals surface area contributed by atoms with Crippen LogP contribution >= 0.6 is 11.3 Å². The number of rotatable bonds is 4. The first-order chi connectivity index (χ1) is 9.67. The Balaban J connectivity index is 1.88. The molecule has 0 amide bonds. The SMILES string of the molecule is Cc1cc(CNc2nc(NN)nc3[nH]ncc23)sc1C. The highest BCUT2D eigenvalue weighted by atomic mass is 32.1. The topological polar surface area (TPSA) is 105 Å². The Morgan fingerprint density at radius 3 is 2.90 bits per heavy atom. The Hall–Kier alpha value is -2.19. The molecule has 0 saturated carbocycles. The number of aryl methyl sites for hydroxylation is 2. The summed E-state index contributed by atoms with van der Waals surface area (Å²) in [6.45, 7) is 4.95. The van der Waals surface area contributed by atoms with E-state index in [-0.39, 0.29) is 0 Å². The summed E-state index contributed by atoms with van der Waals surface area (Å²) in [5, 5.41) is 10.9. The summed E-state index contributed by atoms with van der Waals surface area (Å²) in [5.41, 5.74) is 4.41. The number of thiophene rings is 1. The number of aromatic nitrogens is 4. The van der Waals surface area contributed by atoms with Gasteiger partial charge in [-0.15, -0.1) is 11.3 Å². The molecule has 8 heteroatoms. The number of hydrogen-bond donors (Lipinski definition) is 4. The second-order valence-electron chi connectivity index (χ2n) is 4.48. The van der Waals surface area contributed by atoms with Gasteiger partial charge in [0.05, 0.1) is 18.1 Å². The first kappa shape index (κ1) is 12.8. The fraction of sp³-hybridized carbons (Fsp3) is 0.250. The fourth-order valence-corrected chi connectivity index (χ4v) is 2.94. The smallest absolute Gasteiger partial charge is 0.241 e. The van der Waals surface area contributed by atoms with E-state index in [1.54, 1.807) is 17.5 Å². The normalized spacial score (nSPS) is 10.9. The van der Waals surface area contributed by atoms with Crippen LogP contribution in [0, 0.1) is 13.8 Å². The van der Waals surface area contributed by atoms with Gasteiger partial charge in [0.15, 0.2) is 5.65 Å². The van der Waals surface area contributed by atoms with Crippen LogP contribution in [0.25, 0.3) is 11.0 Å². The number of anilines is 2. The van der Waals surface area contributed by atoms with Crippen molar-refractivity contribution in [2.24, 2.45) is 5.84 Å². The van der Waals surface area contributed by atoms with Crippen LogP contribution in [0.2, 0.25) is 0 Å². The predicted octanol–water partition coefficient (Wildman–Crippen LogP) is 1.93. The average molecular weight is 289 g/mol. The molecule has 0 aliphatic carbocycles. The molecule has 104 valence electrons. The van der Waals surface area contributed by atoms with Gasteiger partial charge in [-0.05, 0) is 25.5 Å². The van der Waals surface area contributed by atoms with Gasteiger partial charge >= 0.3 is 0 Å². The lowest BCUT2D eigenvalue weighted by atomic mass is 10.3. The first-order valence-corrected chi connectivity index (χ1v) is 6.96. The Bertz CT molecular complexity index is 726. The van der Waals surface area contributed by atoms with Crippen LogP contribution in [0.1, 0.15) is 15.3 Å². The molecule has 3 aromatic rings. The standard InChI is InChI=1S/C12H15N7S/c1-6-3-8(20-7(6)2)4-14-10-9-5-15-19-11(9)17-12(16-10)18-13/h3,5H,4,13H2,1-2H3,(H3,14,15,16,17,18,19). The van der Waals surface area contributed by atoms with E-state index in [0.29, 0.717) is 24.0 Å². The third-order valence-electron chi connectivity index (χ3n) is 3.09. The Morgan fingerprint density at radius 2 is 2.20 bits per heavy atom. The van der Waals surface area contributed by atoms with Crippen molar-refractivity contribution in [2.45, 2.75) is 20.4 Å². The molecule has 7 nitrogen and oxygen atoms in total. The second kappa shape index (κ2) is 5.06. The number of H-pyrrole nitrogens is 1. The molecule has 0 aliphatic heterocycles. The number of aromatic amines is 1. The molecule has 0 saturated heterocycles. The van der Waals surface area contributed by atoms with Crippen LogP contribution in [0.3, 0.4) is 0 Å². The number of nitrogens with one attached hydrogen (secondary N) is 3. The minimum absolute atomic E-state index is 0.350. The number of nitrogens with zero attached hydrogens (tertiary/aromatic N) is 3. The van der Waals surface area contributed by atoms with Gasteiger partial charge in [-0.2, -0.15) is 15.1 Å². The summed E-state index contributed by atoms with van der Waals surface area (Å²) in [7, 11) is 0. The molecule has 0 atom stereocenters. The van der Waals surface area contributed by atoms with Gasteiger partial charge in [-0.1, -0.05) is 0 Å². The second-order valence-corrected chi connectivity index (χ2v) is 5.82. The molecule has 0 aliphatic rings. The Kier molecular flexibility index (Phi) is 3.25. The van der Waals surface area contributed by atoms with E-state index in [9.17, 15) is 0 Å². The maximum Gasteiger partial charge on any atom is 0.241 e. The third kappa shape index (κ3) is 2.30. The van der Waals surface area contributed by atoms with Crippen LogP contribution in [0.4, 0.5) is 11.8 Å². The quantitative estimate of drug-likeness (QED) is 0.432. The number of hydrazine groups is 1.